The summed E-state index contributed by atoms with van der Waals surface area (Å²) in [6, 6.07) is 10.2. The summed E-state index contributed by atoms with van der Waals surface area (Å²) in [5.74, 6) is 0.119. The van der Waals surface area contributed by atoms with E-state index in [0.717, 1.165) is 0 Å². The van der Waals surface area contributed by atoms with E-state index in [2.05, 4.69) is 5.32 Å². The average molecular weight is 339 g/mol. The maximum Gasteiger partial charge on any atom is 0.265 e. The van der Waals surface area contributed by atoms with E-state index in [-0.39, 0.29) is 5.91 Å². The van der Waals surface area contributed by atoms with Crippen molar-refractivity contribution in [3.05, 3.63) is 52.0 Å². The van der Waals surface area contributed by atoms with Crippen LogP contribution < -0.4 is 15.8 Å². The van der Waals surface area contributed by atoms with Crippen molar-refractivity contribution in [2.45, 2.75) is 20.0 Å². The molecular weight excluding hydrogens is 323 g/mol. The van der Waals surface area contributed by atoms with Crippen LogP contribution in [-0.2, 0) is 4.79 Å². The van der Waals surface area contributed by atoms with E-state index in [1.165, 1.54) is 0 Å². The molecule has 0 saturated carbocycles. The molecule has 6 heteroatoms. The zero-order chi connectivity index (χ0) is 16.3. The van der Waals surface area contributed by atoms with Gasteiger partial charge in [0.05, 0.1) is 5.02 Å². The zero-order valence-electron chi connectivity index (χ0n) is 12.2. The standard InChI is InChI=1S/C16H16Cl2N2O2/c1-9-13(17)6-7-14(15(9)18)22-10(2)16(21)20-12-5-3-4-11(19)8-12/h3-8,10H,19H2,1-2H3,(H,20,21). The molecule has 0 radical (unpaired) electrons. The van der Waals surface area contributed by atoms with Crippen molar-refractivity contribution in [2.24, 2.45) is 0 Å². The molecule has 0 fully saturated rings. The average Bonchev–Trinajstić information content (AvgIpc) is 2.47. The lowest BCUT2D eigenvalue weighted by Crippen LogP contribution is -2.30. The van der Waals surface area contributed by atoms with E-state index in [9.17, 15) is 4.79 Å². The lowest BCUT2D eigenvalue weighted by atomic mass is 10.2. The molecule has 0 heterocycles. The van der Waals surface area contributed by atoms with E-state index in [1.807, 2.05) is 0 Å². The van der Waals surface area contributed by atoms with Crippen molar-refractivity contribution in [1.82, 2.24) is 0 Å². The van der Waals surface area contributed by atoms with Crippen LogP contribution in [0.15, 0.2) is 36.4 Å². The Kier molecular flexibility index (Phi) is 5.16. The maximum absolute atomic E-state index is 12.1. The SMILES string of the molecule is Cc1c(Cl)ccc(OC(C)C(=O)Nc2cccc(N)c2)c1Cl. The summed E-state index contributed by atoms with van der Waals surface area (Å²) in [6.45, 7) is 3.43. The lowest BCUT2D eigenvalue weighted by Gasteiger charge is -2.17. The quantitative estimate of drug-likeness (QED) is 0.817. The predicted molar refractivity (Wildman–Crippen MR) is 90.8 cm³/mol. The minimum Gasteiger partial charge on any atom is -0.479 e. The number of anilines is 2. The van der Waals surface area contributed by atoms with Gasteiger partial charge in [-0.15, -0.1) is 0 Å². The molecule has 116 valence electrons. The number of carbonyl (C=O) groups excluding carboxylic acids is 1. The molecule has 1 atom stereocenters. The van der Waals surface area contributed by atoms with Crippen LogP contribution in [0.4, 0.5) is 11.4 Å². The molecule has 2 rings (SSSR count). The summed E-state index contributed by atoms with van der Waals surface area (Å²) in [7, 11) is 0. The number of halogens is 2. The Labute approximate surface area is 139 Å². The van der Waals surface area contributed by atoms with Gasteiger partial charge >= 0.3 is 0 Å². The van der Waals surface area contributed by atoms with E-state index >= 15 is 0 Å². The molecule has 0 aliphatic heterocycles. The first kappa shape index (κ1) is 16.5. The topological polar surface area (TPSA) is 64.3 Å². The molecular formula is C16H16Cl2N2O2. The van der Waals surface area contributed by atoms with Gasteiger partial charge < -0.3 is 15.8 Å². The zero-order valence-corrected chi connectivity index (χ0v) is 13.7. The second kappa shape index (κ2) is 6.90. The fraction of sp³-hybridized carbons (Fsp3) is 0.188. The summed E-state index contributed by atoms with van der Waals surface area (Å²) in [5, 5.41) is 3.68. The minimum atomic E-state index is -0.723. The van der Waals surface area contributed by atoms with Gasteiger partial charge in [-0.3, -0.25) is 4.79 Å². The van der Waals surface area contributed by atoms with Crippen LogP contribution in [0.2, 0.25) is 10.0 Å². The third-order valence-corrected chi connectivity index (χ3v) is 3.99. The Morgan fingerprint density at radius 2 is 2.00 bits per heavy atom. The summed E-state index contributed by atoms with van der Waals surface area (Å²) in [6.07, 6.45) is -0.723. The van der Waals surface area contributed by atoms with Gasteiger partial charge in [0, 0.05) is 16.4 Å². The van der Waals surface area contributed by atoms with Crippen LogP contribution in [0, 0.1) is 6.92 Å². The van der Waals surface area contributed by atoms with Gasteiger partial charge in [0.25, 0.3) is 5.91 Å². The van der Waals surface area contributed by atoms with Crippen LogP contribution in [0.5, 0.6) is 5.75 Å². The molecule has 3 N–H and O–H groups in total. The molecule has 0 aliphatic carbocycles. The van der Waals surface area contributed by atoms with Gasteiger partial charge in [-0.25, -0.2) is 0 Å². The highest BCUT2D eigenvalue weighted by atomic mass is 35.5. The Hall–Kier alpha value is -1.91. The summed E-state index contributed by atoms with van der Waals surface area (Å²) in [5.41, 5.74) is 7.57. The molecule has 22 heavy (non-hydrogen) atoms. The number of nitrogens with two attached hydrogens (primary N) is 1. The van der Waals surface area contributed by atoms with Gasteiger partial charge in [0.15, 0.2) is 6.10 Å². The van der Waals surface area contributed by atoms with Crippen molar-refractivity contribution in [3.8, 4) is 5.75 Å². The molecule has 4 nitrogen and oxygen atoms in total. The third-order valence-electron chi connectivity index (χ3n) is 3.11. The molecule has 0 aromatic heterocycles. The second-order valence-corrected chi connectivity index (χ2v) is 5.64. The second-order valence-electron chi connectivity index (χ2n) is 4.86. The largest absolute Gasteiger partial charge is 0.479 e. The summed E-state index contributed by atoms with van der Waals surface area (Å²) in [4.78, 5) is 12.1. The number of hydrogen-bond acceptors (Lipinski definition) is 3. The number of ether oxygens (including phenoxy) is 1. The van der Waals surface area contributed by atoms with Crippen molar-refractivity contribution < 1.29 is 9.53 Å². The van der Waals surface area contributed by atoms with E-state index in [0.29, 0.717) is 32.7 Å². The predicted octanol–water partition coefficient (Wildman–Crippen LogP) is 4.29. The Morgan fingerprint density at radius 1 is 1.27 bits per heavy atom. The normalized spacial score (nSPS) is 11.8. The van der Waals surface area contributed by atoms with Crippen LogP contribution in [0.25, 0.3) is 0 Å². The Bertz CT molecular complexity index is 705. The smallest absolute Gasteiger partial charge is 0.265 e. The van der Waals surface area contributed by atoms with Crippen molar-refractivity contribution in [3.63, 3.8) is 0 Å². The maximum atomic E-state index is 12.1. The first-order chi connectivity index (χ1) is 10.4. The first-order valence-electron chi connectivity index (χ1n) is 6.66. The number of carbonyl (C=O) groups is 1. The minimum absolute atomic E-state index is 0.297. The van der Waals surface area contributed by atoms with Gasteiger partial charge in [-0.2, -0.15) is 0 Å². The highest BCUT2D eigenvalue weighted by Crippen LogP contribution is 2.33. The third kappa shape index (κ3) is 3.84. The lowest BCUT2D eigenvalue weighted by molar-refractivity contribution is -0.122. The molecule has 0 spiro atoms. The van der Waals surface area contributed by atoms with Gasteiger partial charge in [-0.05, 0) is 49.7 Å². The summed E-state index contributed by atoms with van der Waals surface area (Å²) >= 11 is 12.1. The van der Waals surface area contributed by atoms with Gasteiger partial charge in [0.1, 0.15) is 5.75 Å². The summed E-state index contributed by atoms with van der Waals surface area (Å²) < 4.78 is 5.61. The number of hydrogen-bond donors (Lipinski definition) is 2. The highest BCUT2D eigenvalue weighted by Gasteiger charge is 2.17. The molecule has 0 saturated heterocycles. The van der Waals surface area contributed by atoms with E-state index < -0.39 is 6.10 Å². The van der Waals surface area contributed by atoms with Gasteiger partial charge in [-0.1, -0.05) is 29.3 Å². The van der Waals surface area contributed by atoms with Crippen LogP contribution in [0.3, 0.4) is 0 Å². The van der Waals surface area contributed by atoms with E-state index in [4.69, 9.17) is 33.7 Å². The number of rotatable bonds is 4. The first-order valence-corrected chi connectivity index (χ1v) is 7.41. The van der Waals surface area contributed by atoms with Crippen molar-refractivity contribution in [1.29, 1.82) is 0 Å². The number of nitrogens with one attached hydrogen (secondary N) is 1. The Morgan fingerprint density at radius 3 is 2.68 bits per heavy atom. The van der Waals surface area contributed by atoms with Gasteiger partial charge in [0.2, 0.25) is 0 Å². The molecule has 2 aromatic carbocycles. The van der Waals surface area contributed by atoms with Crippen molar-refractivity contribution in [2.75, 3.05) is 11.1 Å². The fourth-order valence-corrected chi connectivity index (χ4v) is 2.25. The number of benzene rings is 2. The fourth-order valence-electron chi connectivity index (χ4n) is 1.83. The molecule has 1 amide bonds. The number of nitrogen functional groups attached to an aromatic ring is 1. The Balaban J connectivity index is 2.07. The molecule has 2 aromatic rings. The molecule has 1 unspecified atom stereocenters. The highest BCUT2D eigenvalue weighted by molar-refractivity contribution is 6.36. The monoisotopic (exact) mass is 338 g/mol. The number of amides is 1. The van der Waals surface area contributed by atoms with Crippen LogP contribution in [0.1, 0.15) is 12.5 Å². The molecule has 0 bridgehead atoms. The van der Waals surface area contributed by atoms with Crippen LogP contribution in [-0.4, -0.2) is 12.0 Å². The van der Waals surface area contributed by atoms with Crippen LogP contribution >= 0.6 is 23.2 Å². The molecule has 0 aliphatic rings. The van der Waals surface area contributed by atoms with E-state index in [1.54, 1.807) is 50.2 Å². The van der Waals surface area contributed by atoms with Crippen molar-refractivity contribution >= 4 is 40.5 Å².